The van der Waals surface area contributed by atoms with Crippen LogP contribution < -0.4 is 10.6 Å². The highest BCUT2D eigenvalue weighted by Gasteiger charge is 2.26. The standard InChI is InChI=1S/C18H20N4O2/c1-19-18(24)14-4-2-3-12(9-14)5-8-16(23)22-15-10-20-17(21-11-15)13-6-7-13/h2-4,9-11,13H,5-8H2,1H3,(H,19,24)(H,22,23). The average Bonchev–Trinajstić information content (AvgIpc) is 3.45. The molecule has 1 aromatic carbocycles. The maximum Gasteiger partial charge on any atom is 0.251 e. The first-order valence-electron chi connectivity index (χ1n) is 8.08. The van der Waals surface area contributed by atoms with Gasteiger partial charge in [0.25, 0.3) is 5.91 Å². The molecule has 0 bridgehead atoms. The molecular weight excluding hydrogens is 304 g/mol. The summed E-state index contributed by atoms with van der Waals surface area (Å²) in [6.07, 6.45) is 6.52. The number of rotatable bonds is 6. The van der Waals surface area contributed by atoms with Gasteiger partial charge in [0.2, 0.25) is 5.91 Å². The topological polar surface area (TPSA) is 84.0 Å². The molecular formula is C18H20N4O2. The van der Waals surface area contributed by atoms with E-state index in [1.165, 1.54) is 0 Å². The lowest BCUT2D eigenvalue weighted by atomic mass is 10.1. The molecule has 2 aromatic rings. The minimum absolute atomic E-state index is 0.0943. The summed E-state index contributed by atoms with van der Waals surface area (Å²) in [4.78, 5) is 32.2. The Bertz CT molecular complexity index is 739. The summed E-state index contributed by atoms with van der Waals surface area (Å²) in [6, 6.07) is 7.29. The Labute approximate surface area is 140 Å². The molecule has 0 aliphatic heterocycles. The van der Waals surface area contributed by atoms with Gasteiger partial charge >= 0.3 is 0 Å². The normalized spacial score (nSPS) is 13.4. The summed E-state index contributed by atoms with van der Waals surface area (Å²) in [7, 11) is 1.60. The van der Waals surface area contributed by atoms with Crippen molar-refractivity contribution in [3.63, 3.8) is 0 Å². The van der Waals surface area contributed by atoms with Crippen molar-refractivity contribution in [1.82, 2.24) is 15.3 Å². The zero-order chi connectivity index (χ0) is 16.9. The van der Waals surface area contributed by atoms with Crippen LogP contribution in [0.3, 0.4) is 0 Å². The van der Waals surface area contributed by atoms with Gasteiger partial charge in [0.15, 0.2) is 0 Å². The summed E-state index contributed by atoms with van der Waals surface area (Å²) in [5, 5.41) is 5.39. The van der Waals surface area contributed by atoms with Crippen LogP contribution in [0.4, 0.5) is 5.69 Å². The lowest BCUT2D eigenvalue weighted by molar-refractivity contribution is -0.116. The number of nitrogens with one attached hydrogen (secondary N) is 2. The Hall–Kier alpha value is -2.76. The molecule has 0 saturated heterocycles. The van der Waals surface area contributed by atoms with Gasteiger partial charge in [-0.1, -0.05) is 12.1 Å². The SMILES string of the molecule is CNC(=O)c1cccc(CCC(=O)Nc2cnc(C3CC3)nc2)c1. The van der Waals surface area contributed by atoms with Gasteiger partial charge < -0.3 is 10.6 Å². The molecule has 2 amide bonds. The van der Waals surface area contributed by atoms with Crippen molar-refractivity contribution in [2.75, 3.05) is 12.4 Å². The van der Waals surface area contributed by atoms with Crippen molar-refractivity contribution in [1.29, 1.82) is 0 Å². The van der Waals surface area contributed by atoms with Gasteiger partial charge in [-0.15, -0.1) is 0 Å². The van der Waals surface area contributed by atoms with Gasteiger partial charge in [0.05, 0.1) is 18.1 Å². The zero-order valence-corrected chi connectivity index (χ0v) is 13.6. The maximum atomic E-state index is 12.0. The summed E-state index contributed by atoms with van der Waals surface area (Å²) < 4.78 is 0. The number of hydrogen-bond acceptors (Lipinski definition) is 4. The van der Waals surface area contributed by atoms with Crippen LogP contribution in [0.15, 0.2) is 36.7 Å². The van der Waals surface area contributed by atoms with E-state index in [0.29, 0.717) is 30.0 Å². The summed E-state index contributed by atoms with van der Waals surface area (Å²) in [5.41, 5.74) is 2.16. The van der Waals surface area contributed by atoms with Crippen LogP contribution >= 0.6 is 0 Å². The van der Waals surface area contributed by atoms with Crippen molar-refractivity contribution in [3.8, 4) is 0 Å². The molecule has 24 heavy (non-hydrogen) atoms. The number of nitrogens with zero attached hydrogens (tertiary/aromatic N) is 2. The molecule has 0 spiro atoms. The van der Waals surface area contributed by atoms with Gasteiger partial charge in [-0.25, -0.2) is 9.97 Å². The number of aromatic nitrogens is 2. The minimum atomic E-state index is -0.130. The quantitative estimate of drug-likeness (QED) is 0.854. The first-order chi connectivity index (χ1) is 11.7. The number of amides is 2. The number of carbonyl (C=O) groups is 2. The van der Waals surface area contributed by atoms with E-state index >= 15 is 0 Å². The molecule has 6 heteroatoms. The maximum absolute atomic E-state index is 12.0. The Balaban J connectivity index is 1.52. The number of benzene rings is 1. The lowest BCUT2D eigenvalue weighted by Crippen LogP contribution is -2.18. The third kappa shape index (κ3) is 4.16. The van der Waals surface area contributed by atoms with Crippen LogP contribution in [0, 0.1) is 0 Å². The monoisotopic (exact) mass is 324 g/mol. The molecule has 1 aromatic heterocycles. The molecule has 1 fully saturated rings. The second-order valence-electron chi connectivity index (χ2n) is 5.93. The fourth-order valence-corrected chi connectivity index (χ4v) is 2.45. The second-order valence-corrected chi connectivity index (χ2v) is 5.93. The molecule has 0 atom stereocenters. The van der Waals surface area contributed by atoms with Gasteiger partial charge in [-0.05, 0) is 37.0 Å². The molecule has 2 N–H and O–H groups in total. The van der Waals surface area contributed by atoms with E-state index in [9.17, 15) is 9.59 Å². The highest BCUT2D eigenvalue weighted by Crippen LogP contribution is 2.37. The van der Waals surface area contributed by atoms with Crippen LogP contribution in [0.2, 0.25) is 0 Å². The Morgan fingerprint density at radius 2 is 1.96 bits per heavy atom. The van der Waals surface area contributed by atoms with Gasteiger partial charge in [0.1, 0.15) is 5.82 Å². The molecule has 1 heterocycles. The lowest BCUT2D eigenvalue weighted by Gasteiger charge is -2.06. The third-order valence-corrected chi connectivity index (χ3v) is 3.96. The largest absolute Gasteiger partial charge is 0.355 e. The molecule has 1 saturated carbocycles. The molecule has 1 aliphatic carbocycles. The van der Waals surface area contributed by atoms with Gasteiger partial charge in [-0.3, -0.25) is 9.59 Å². The summed E-state index contributed by atoms with van der Waals surface area (Å²) in [5.74, 6) is 1.14. The Morgan fingerprint density at radius 3 is 2.62 bits per heavy atom. The highest BCUT2D eigenvalue weighted by molar-refractivity contribution is 5.94. The van der Waals surface area contributed by atoms with Gasteiger partial charge in [0, 0.05) is 24.9 Å². The molecule has 0 radical (unpaired) electrons. The minimum Gasteiger partial charge on any atom is -0.355 e. The zero-order valence-electron chi connectivity index (χ0n) is 13.6. The number of aryl methyl sites for hydroxylation is 1. The van der Waals surface area contributed by atoms with Crippen LogP contribution in [0.1, 0.15) is 46.9 Å². The van der Waals surface area contributed by atoms with E-state index in [1.54, 1.807) is 31.6 Å². The van der Waals surface area contributed by atoms with E-state index in [-0.39, 0.29) is 11.8 Å². The van der Waals surface area contributed by atoms with E-state index in [2.05, 4.69) is 20.6 Å². The molecule has 6 nitrogen and oxygen atoms in total. The average molecular weight is 324 g/mol. The van der Waals surface area contributed by atoms with E-state index in [1.807, 2.05) is 12.1 Å². The van der Waals surface area contributed by atoms with E-state index < -0.39 is 0 Å². The van der Waals surface area contributed by atoms with E-state index in [4.69, 9.17) is 0 Å². The summed E-state index contributed by atoms with van der Waals surface area (Å²) in [6.45, 7) is 0. The van der Waals surface area contributed by atoms with Crippen LogP contribution in [-0.2, 0) is 11.2 Å². The van der Waals surface area contributed by atoms with Gasteiger partial charge in [-0.2, -0.15) is 0 Å². The Kier molecular flexibility index (Phi) is 4.84. The number of hydrogen-bond donors (Lipinski definition) is 2. The van der Waals surface area contributed by atoms with Crippen LogP contribution in [0.5, 0.6) is 0 Å². The van der Waals surface area contributed by atoms with Crippen molar-refractivity contribution in [3.05, 3.63) is 53.6 Å². The number of anilines is 1. The predicted octanol–water partition coefficient (Wildman–Crippen LogP) is 2.28. The summed E-state index contributed by atoms with van der Waals surface area (Å²) >= 11 is 0. The molecule has 1 aliphatic rings. The molecule has 124 valence electrons. The third-order valence-electron chi connectivity index (χ3n) is 3.96. The number of carbonyl (C=O) groups excluding carboxylic acids is 2. The fourth-order valence-electron chi connectivity index (χ4n) is 2.45. The van der Waals surface area contributed by atoms with Crippen LogP contribution in [0.25, 0.3) is 0 Å². The van der Waals surface area contributed by atoms with Crippen molar-refractivity contribution < 1.29 is 9.59 Å². The second kappa shape index (κ2) is 7.21. The first-order valence-corrected chi connectivity index (χ1v) is 8.08. The van der Waals surface area contributed by atoms with Crippen molar-refractivity contribution in [2.24, 2.45) is 0 Å². The van der Waals surface area contributed by atoms with Crippen LogP contribution in [-0.4, -0.2) is 28.8 Å². The van der Waals surface area contributed by atoms with Crippen molar-refractivity contribution in [2.45, 2.75) is 31.6 Å². The van der Waals surface area contributed by atoms with E-state index in [0.717, 1.165) is 24.2 Å². The molecule has 0 unspecified atom stereocenters. The van der Waals surface area contributed by atoms with Crippen molar-refractivity contribution >= 4 is 17.5 Å². The predicted molar refractivity (Wildman–Crippen MR) is 90.8 cm³/mol. The Morgan fingerprint density at radius 1 is 1.21 bits per heavy atom. The smallest absolute Gasteiger partial charge is 0.251 e. The highest BCUT2D eigenvalue weighted by atomic mass is 16.2. The fraction of sp³-hybridized carbons (Fsp3) is 0.333. The molecule has 3 rings (SSSR count). The first kappa shape index (κ1) is 16.1.